The van der Waals surface area contributed by atoms with Gasteiger partial charge in [-0.1, -0.05) is 30.3 Å². The molecule has 9 heteroatoms. The Morgan fingerprint density at radius 2 is 1.74 bits per heavy atom. The van der Waals surface area contributed by atoms with Crippen LogP contribution >= 0.6 is 12.4 Å². The second kappa shape index (κ2) is 10.5. The zero-order valence-corrected chi connectivity index (χ0v) is 19.6. The maximum atomic E-state index is 12.9. The number of fused-ring (bicyclic) bond motifs is 1. The molecule has 180 valence electrons. The van der Waals surface area contributed by atoms with E-state index in [0.717, 1.165) is 44.0 Å². The zero-order chi connectivity index (χ0) is 22.8. The minimum absolute atomic E-state index is 0. The van der Waals surface area contributed by atoms with Crippen LogP contribution in [0.5, 0.6) is 5.75 Å². The molecule has 8 nitrogen and oxygen atoms in total. The molecular formula is C25H28ClN3O5. The largest absolute Gasteiger partial charge is 0.489 e. The van der Waals surface area contributed by atoms with Gasteiger partial charge in [-0.15, -0.1) is 12.4 Å². The Morgan fingerprint density at radius 3 is 2.47 bits per heavy atom. The van der Waals surface area contributed by atoms with Crippen molar-refractivity contribution in [3.8, 4) is 5.75 Å². The second-order valence-electron chi connectivity index (χ2n) is 8.68. The normalized spacial score (nSPS) is 20.5. The van der Waals surface area contributed by atoms with Crippen LogP contribution in [-0.2, 0) is 34.0 Å². The molecule has 5 rings (SSSR count). The highest BCUT2D eigenvalue weighted by molar-refractivity contribution is 6.05. The lowest BCUT2D eigenvalue weighted by atomic mass is 10.0. The number of amides is 3. The van der Waals surface area contributed by atoms with Gasteiger partial charge in [0, 0.05) is 37.2 Å². The molecule has 0 saturated carbocycles. The number of imide groups is 1. The van der Waals surface area contributed by atoms with Gasteiger partial charge in [-0.25, -0.2) is 0 Å². The van der Waals surface area contributed by atoms with E-state index < -0.39 is 11.9 Å². The molecular weight excluding hydrogens is 458 g/mol. The lowest BCUT2D eigenvalue weighted by molar-refractivity contribution is -0.136. The molecule has 0 aliphatic carbocycles. The average molecular weight is 486 g/mol. The highest BCUT2D eigenvalue weighted by atomic mass is 35.5. The van der Waals surface area contributed by atoms with E-state index >= 15 is 0 Å². The summed E-state index contributed by atoms with van der Waals surface area (Å²) in [5, 5.41) is 2.33. The molecule has 2 aromatic rings. The van der Waals surface area contributed by atoms with Gasteiger partial charge in [0.05, 0.1) is 19.8 Å². The highest BCUT2D eigenvalue weighted by Crippen LogP contribution is 2.34. The number of halogens is 1. The number of ether oxygens (including phenoxy) is 2. The molecule has 34 heavy (non-hydrogen) atoms. The molecule has 3 heterocycles. The number of rotatable bonds is 6. The van der Waals surface area contributed by atoms with Gasteiger partial charge in [-0.05, 0) is 29.7 Å². The van der Waals surface area contributed by atoms with Crippen molar-refractivity contribution < 1.29 is 23.9 Å². The van der Waals surface area contributed by atoms with Crippen LogP contribution in [0.15, 0.2) is 42.5 Å². The number of morpholine rings is 1. The minimum Gasteiger partial charge on any atom is -0.489 e. The molecule has 0 spiro atoms. The summed E-state index contributed by atoms with van der Waals surface area (Å²) < 4.78 is 11.5. The van der Waals surface area contributed by atoms with Crippen LogP contribution in [0.4, 0.5) is 0 Å². The lowest BCUT2D eigenvalue weighted by Crippen LogP contribution is -2.52. The summed E-state index contributed by atoms with van der Waals surface area (Å²) in [6, 6.07) is 13.2. The molecule has 0 aromatic heterocycles. The molecule has 3 aliphatic heterocycles. The monoisotopic (exact) mass is 485 g/mol. The van der Waals surface area contributed by atoms with Crippen molar-refractivity contribution in [2.45, 2.75) is 38.6 Å². The van der Waals surface area contributed by atoms with Crippen LogP contribution in [0.3, 0.4) is 0 Å². The summed E-state index contributed by atoms with van der Waals surface area (Å²) in [4.78, 5) is 40.6. The number of hydrogen-bond acceptors (Lipinski definition) is 6. The van der Waals surface area contributed by atoms with E-state index in [0.29, 0.717) is 30.9 Å². The van der Waals surface area contributed by atoms with Gasteiger partial charge >= 0.3 is 0 Å². The average Bonchev–Trinajstić information content (AvgIpc) is 3.16. The van der Waals surface area contributed by atoms with E-state index in [2.05, 4.69) is 34.5 Å². The minimum atomic E-state index is -0.630. The van der Waals surface area contributed by atoms with Gasteiger partial charge in [0.25, 0.3) is 5.91 Å². The van der Waals surface area contributed by atoms with Crippen molar-refractivity contribution in [2.75, 3.05) is 26.3 Å². The molecule has 2 aromatic carbocycles. The predicted molar refractivity (Wildman–Crippen MR) is 127 cm³/mol. The second-order valence-corrected chi connectivity index (χ2v) is 8.68. The van der Waals surface area contributed by atoms with E-state index in [4.69, 9.17) is 9.47 Å². The van der Waals surface area contributed by atoms with E-state index in [-0.39, 0.29) is 30.6 Å². The van der Waals surface area contributed by atoms with Gasteiger partial charge in [0.2, 0.25) is 11.8 Å². The van der Waals surface area contributed by atoms with Gasteiger partial charge < -0.3 is 14.4 Å². The van der Waals surface area contributed by atoms with E-state index in [1.54, 1.807) is 17.0 Å². The number of benzene rings is 2. The zero-order valence-electron chi connectivity index (χ0n) is 18.8. The summed E-state index contributed by atoms with van der Waals surface area (Å²) in [6.45, 7) is 5.09. The molecule has 1 unspecified atom stereocenters. The van der Waals surface area contributed by atoms with Crippen molar-refractivity contribution in [1.29, 1.82) is 0 Å². The van der Waals surface area contributed by atoms with E-state index in [9.17, 15) is 14.4 Å². The van der Waals surface area contributed by atoms with Gasteiger partial charge in [0.1, 0.15) is 18.4 Å². The molecule has 3 aliphatic rings. The van der Waals surface area contributed by atoms with Crippen LogP contribution in [-0.4, -0.2) is 59.9 Å². The summed E-state index contributed by atoms with van der Waals surface area (Å²) >= 11 is 0. The number of nitrogens with zero attached hydrogens (tertiary/aromatic N) is 2. The van der Waals surface area contributed by atoms with Crippen LogP contribution < -0.4 is 10.1 Å². The van der Waals surface area contributed by atoms with Crippen LogP contribution in [0.2, 0.25) is 0 Å². The van der Waals surface area contributed by atoms with Crippen LogP contribution in [0.1, 0.15) is 39.9 Å². The first-order valence-corrected chi connectivity index (χ1v) is 11.4. The third-order valence-corrected chi connectivity index (χ3v) is 6.47. The highest BCUT2D eigenvalue weighted by Gasteiger charge is 2.40. The molecule has 2 fully saturated rings. The van der Waals surface area contributed by atoms with Gasteiger partial charge in [-0.2, -0.15) is 0 Å². The first kappa shape index (κ1) is 24.2. The number of carbonyl (C=O) groups excluding carboxylic acids is 3. The lowest BCUT2D eigenvalue weighted by Gasteiger charge is -2.29. The Balaban J connectivity index is 0.00000274. The predicted octanol–water partition coefficient (Wildman–Crippen LogP) is 2.28. The number of nitrogens with one attached hydrogen (secondary N) is 1. The fourth-order valence-electron chi connectivity index (χ4n) is 4.61. The first-order valence-electron chi connectivity index (χ1n) is 11.4. The fraction of sp³-hybridized carbons (Fsp3) is 0.400. The number of hydrogen-bond donors (Lipinski definition) is 1. The summed E-state index contributed by atoms with van der Waals surface area (Å²) in [6.07, 6.45) is 0.582. The topological polar surface area (TPSA) is 88.2 Å². The van der Waals surface area contributed by atoms with Crippen LogP contribution in [0, 0.1) is 0 Å². The quantitative estimate of drug-likeness (QED) is 0.632. The molecule has 1 N–H and O–H groups in total. The summed E-state index contributed by atoms with van der Waals surface area (Å²) in [5.74, 6) is -0.252. The maximum absolute atomic E-state index is 12.9. The van der Waals surface area contributed by atoms with Crippen LogP contribution in [0.25, 0.3) is 0 Å². The van der Waals surface area contributed by atoms with E-state index in [1.807, 2.05) is 6.07 Å². The Labute approximate surface area is 204 Å². The number of carbonyl (C=O) groups is 3. The van der Waals surface area contributed by atoms with Gasteiger partial charge in [-0.3, -0.25) is 24.6 Å². The smallest absolute Gasteiger partial charge is 0.255 e. The van der Waals surface area contributed by atoms with Crippen molar-refractivity contribution in [3.63, 3.8) is 0 Å². The van der Waals surface area contributed by atoms with Crippen molar-refractivity contribution >= 4 is 30.1 Å². The third kappa shape index (κ3) is 5.09. The summed E-state index contributed by atoms with van der Waals surface area (Å²) in [5.41, 5.74) is 3.64. The first-order chi connectivity index (χ1) is 16.1. The molecule has 3 amide bonds. The van der Waals surface area contributed by atoms with Gasteiger partial charge in [0.15, 0.2) is 0 Å². The third-order valence-electron chi connectivity index (χ3n) is 6.47. The SMILES string of the molecule is Cl.O=C1CCC(N2Cc3c(OCc4ccc(CN5CCOCC5)cc4)cccc3C2=O)C(=O)N1. The number of piperidine rings is 1. The molecule has 0 bridgehead atoms. The summed E-state index contributed by atoms with van der Waals surface area (Å²) in [7, 11) is 0. The standard InChI is InChI=1S/C25H27N3O5.ClH/c29-23-9-8-21(24(30)26-23)28-15-20-19(25(28)31)2-1-3-22(20)33-16-18-6-4-17(5-7-18)14-27-10-12-32-13-11-27;/h1-7,21H,8-16H2,(H,26,29,30);1H. The van der Waals surface area contributed by atoms with Crippen molar-refractivity contribution in [1.82, 2.24) is 15.1 Å². The molecule has 0 radical (unpaired) electrons. The maximum Gasteiger partial charge on any atom is 0.255 e. The Bertz CT molecular complexity index is 1070. The molecule has 2 saturated heterocycles. The fourth-order valence-corrected chi connectivity index (χ4v) is 4.61. The Kier molecular flexibility index (Phi) is 7.50. The molecule has 1 atom stereocenters. The van der Waals surface area contributed by atoms with Crippen molar-refractivity contribution in [2.24, 2.45) is 0 Å². The Morgan fingerprint density at radius 1 is 1.00 bits per heavy atom. The Hall–Kier alpha value is -2.94. The van der Waals surface area contributed by atoms with E-state index in [1.165, 1.54) is 5.56 Å². The van der Waals surface area contributed by atoms with Crippen molar-refractivity contribution in [3.05, 3.63) is 64.7 Å².